The van der Waals surface area contributed by atoms with Gasteiger partial charge in [0.05, 0.1) is 24.9 Å². The van der Waals surface area contributed by atoms with E-state index in [0.717, 1.165) is 5.56 Å². The average Bonchev–Trinajstić information content (AvgIpc) is 2.61. The van der Waals surface area contributed by atoms with E-state index in [1.165, 1.54) is 0 Å². The fourth-order valence-electron chi connectivity index (χ4n) is 2.83. The van der Waals surface area contributed by atoms with E-state index in [1.807, 2.05) is 26.0 Å². The number of anilines is 1. The number of carbonyl (C=O) groups excluding carboxylic acids is 2. The van der Waals surface area contributed by atoms with Crippen LogP contribution in [0.2, 0.25) is 0 Å². The molecule has 2 heterocycles. The van der Waals surface area contributed by atoms with Crippen LogP contribution in [0.4, 0.5) is 5.69 Å². The number of benzene rings is 1. The van der Waals surface area contributed by atoms with Crippen LogP contribution < -0.4 is 20.7 Å². The van der Waals surface area contributed by atoms with Crippen LogP contribution in [-0.2, 0) is 14.3 Å². The van der Waals surface area contributed by atoms with Gasteiger partial charge in [-0.25, -0.2) is 0 Å². The van der Waals surface area contributed by atoms with E-state index < -0.39 is 6.10 Å². The standard InChI is InChI=1S/C17H23N3O4/c1-3-14-17(22)20-12-5-4-11(8-15(12)24-14)10(2)19-16(21)13-9-23-7-6-18-13/h4-5,8,10,13-14,18H,3,6-7,9H2,1-2H3,(H,19,21)(H,20,22). The van der Waals surface area contributed by atoms with Crippen molar-refractivity contribution in [3.8, 4) is 5.75 Å². The van der Waals surface area contributed by atoms with Crippen LogP contribution in [-0.4, -0.2) is 43.7 Å². The first-order chi connectivity index (χ1) is 11.6. The molecule has 0 saturated carbocycles. The minimum atomic E-state index is -0.471. The molecule has 1 aromatic rings. The third-order valence-corrected chi connectivity index (χ3v) is 4.29. The highest BCUT2D eigenvalue weighted by atomic mass is 16.5. The van der Waals surface area contributed by atoms with Crippen molar-refractivity contribution >= 4 is 17.5 Å². The minimum Gasteiger partial charge on any atom is -0.478 e. The van der Waals surface area contributed by atoms with E-state index in [0.29, 0.717) is 37.6 Å². The number of nitrogens with one attached hydrogen (secondary N) is 3. The van der Waals surface area contributed by atoms with Gasteiger partial charge in [-0.05, 0) is 31.0 Å². The van der Waals surface area contributed by atoms with Crippen molar-refractivity contribution in [2.24, 2.45) is 0 Å². The molecule has 130 valence electrons. The van der Waals surface area contributed by atoms with Crippen molar-refractivity contribution in [2.45, 2.75) is 38.5 Å². The van der Waals surface area contributed by atoms with Crippen molar-refractivity contribution in [2.75, 3.05) is 25.1 Å². The van der Waals surface area contributed by atoms with Gasteiger partial charge < -0.3 is 25.4 Å². The predicted molar refractivity (Wildman–Crippen MR) is 88.9 cm³/mol. The molecule has 0 aromatic heterocycles. The Morgan fingerprint density at radius 2 is 2.29 bits per heavy atom. The van der Waals surface area contributed by atoms with Gasteiger partial charge >= 0.3 is 0 Å². The van der Waals surface area contributed by atoms with E-state index in [4.69, 9.17) is 9.47 Å². The summed E-state index contributed by atoms with van der Waals surface area (Å²) in [6, 6.07) is 5.06. The first-order valence-corrected chi connectivity index (χ1v) is 8.31. The fraction of sp³-hybridized carbons (Fsp3) is 0.529. The molecule has 3 rings (SSSR count). The Morgan fingerprint density at radius 1 is 1.46 bits per heavy atom. The largest absolute Gasteiger partial charge is 0.478 e. The summed E-state index contributed by atoms with van der Waals surface area (Å²) in [5.41, 5.74) is 1.58. The number of morpholine rings is 1. The maximum absolute atomic E-state index is 12.3. The third kappa shape index (κ3) is 3.52. The Bertz CT molecular complexity index is 628. The second-order valence-electron chi connectivity index (χ2n) is 6.07. The SMILES string of the molecule is CCC1Oc2cc(C(C)NC(=O)C3COCCN3)ccc2NC1=O. The van der Waals surface area contributed by atoms with Gasteiger partial charge in [-0.15, -0.1) is 0 Å². The average molecular weight is 333 g/mol. The molecule has 3 atom stereocenters. The number of amides is 2. The van der Waals surface area contributed by atoms with E-state index in [1.54, 1.807) is 6.07 Å². The molecule has 7 heteroatoms. The van der Waals surface area contributed by atoms with Gasteiger partial charge in [0.15, 0.2) is 6.10 Å². The Hall–Kier alpha value is -2.12. The monoisotopic (exact) mass is 333 g/mol. The summed E-state index contributed by atoms with van der Waals surface area (Å²) in [4.78, 5) is 24.1. The molecule has 0 aliphatic carbocycles. The molecule has 24 heavy (non-hydrogen) atoms. The highest BCUT2D eigenvalue weighted by Crippen LogP contribution is 2.32. The maximum atomic E-state index is 12.3. The first kappa shape index (κ1) is 16.7. The van der Waals surface area contributed by atoms with Gasteiger partial charge in [-0.1, -0.05) is 13.0 Å². The lowest BCUT2D eigenvalue weighted by molar-refractivity contribution is -0.126. The highest BCUT2D eigenvalue weighted by Gasteiger charge is 2.27. The van der Waals surface area contributed by atoms with Crippen LogP contribution in [0.15, 0.2) is 18.2 Å². The van der Waals surface area contributed by atoms with Crippen LogP contribution >= 0.6 is 0 Å². The van der Waals surface area contributed by atoms with E-state index in [2.05, 4.69) is 16.0 Å². The zero-order valence-electron chi connectivity index (χ0n) is 13.9. The molecule has 2 aliphatic heterocycles. The topological polar surface area (TPSA) is 88.7 Å². The van der Waals surface area contributed by atoms with Crippen LogP contribution in [0.5, 0.6) is 5.75 Å². The zero-order chi connectivity index (χ0) is 17.1. The Balaban J connectivity index is 1.68. The summed E-state index contributed by atoms with van der Waals surface area (Å²) < 4.78 is 11.1. The second kappa shape index (κ2) is 7.19. The summed E-state index contributed by atoms with van der Waals surface area (Å²) in [6.07, 6.45) is 0.135. The lowest BCUT2D eigenvalue weighted by atomic mass is 10.1. The molecule has 0 radical (unpaired) electrons. The van der Waals surface area contributed by atoms with Crippen LogP contribution in [0.25, 0.3) is 0 Å². The van der Waals surface area contributed by atoms with Crippen LogP contribution in [0.3, 0.4) is 0 Å². The fourth-order valence-corrected chi connectivity index (χ4v) is 2.83. The van der Waals surface area contributed by atoms with Gasteiger partial charge in [-0.3, -0.25) is 9.59 Å². The summed E-state index contributed by atoms with van der Waals surface area (Å²) in [7, 11) is 0. The third-order valence-electron chi connectivity index (χ3n) is 4.29. The number of ether oxygens (including phenoxy) is 2. The molecule has 1 aromatic carbocycles. The second-order valence-corrected chi connectivity index (χ2v) is 6.07. The predicted octanol–water partition coefficient (Wildman–Crippen LogP) is 0.962. The molecule has 1 saturated heterocycles. The first-order valence-electron chi connectivity index (χ1n) is 8.31. The van der Waals surface area contributed by atoms with E-state index in [9.17, 15) is 9.59 Å². The summed E-state index contributed by atoms with van der Waals surface area (Å²) in [5, 5.41) is 8.96. The maximum Gasteiger partial charge on any atom is 0.265 e. The zero-order valence-corrected chi connectivity index (χ0v) is 13.9. The number of hydrogen-bond acceptors (Lipinski definition) is 5. The van der Waals surface area contributed by atoms with Crippen LogP contribution in [0.1, 0.15) is 31.9 Å². The summed E-state index contributed by atoms with van der Waals surface area (Å²) >= 11 is 0. The molecule has 0 spiro atoms. The normalized spacial score (nSPS) is 24.3. The van der Waals surface area contributed by atoms with Crippen molar-refractivity contribution in [1.29, 1.82) is 0 Å². The Kier molecular flexibility index (Phi) is 5.01. The van der Waals surface area contributed by atoms with Crippen molar-refractivity contribution < 1.29 is 19.1 Å². The van der Waals surface area contributed by atoms with Gasteiger partial charge in [0.2, 0.25) is 5.91 Å². The van der Waals surface area contributed by atoms with Gasteiger partial charge in [0, 0.05) is 6.54 Å². The number of fused-ring (bicyclic) bond motifs is 1. The van der Waals surface area contributed by atoms with E-state index >= 15 is 0 Å². The Labute approximate surface area is 141 Å². The van der Waals surface area contributed by atoms with Gasteiger partial charge in [0.25, 0.3) is 5.91 Å². The highest BCUT2D eigenvalue weighted by molar-refractivity contribution is 5.97. The number of carbonyl (C=O) groups is 2. The molecule has 3 unspecified atom stereocenters. The lowest BCUT2D eigenvalue weighted by Gasteiger charge is -2.27. The van der Waals surface area contributed by atoms with Crippen molar-refractivity contribution in [1.82, 2.24) is 10.6 Å². The molecule has 2 amide bonds. The van der Waals surface area contributed by atoms with Gasteiger partial charge in [0.1, 0.15) is 11.8 Å². The molecular formula is C17H23N3O4. The van der Waals surface area contributed by atoms with E-state index in [-0.39, 0.29) is 23.9 Å². The van der Waals surface area contributed by atoms with Gasteiger partial charge in [-0.2, -0.15) is 0 Å². The molecule has 2 aliphatic rings. The van der Waals surface area contributed by atoms with Crippen LogP contribution in [0, 0.1) is 0 Å². The smallest absolute Gasteiger partial charge is 0.265 e. The molecule has 0 bridgehead atoms. The van der Waals surface area contributed by atoms with Crippen molar-refractivity contribution in [3.05, 3.63) is 23.8 Å². The molecule has 1 fully saturated rings. The summed E-state index contributed by atoms with van der Waals surface area (Å²) in [5.74, 6) is 0.433. The molecular weight excluding hydrogens is 310 g/mol. The summed E-state index contributed by atoms with van der Waals surface area (Å²) in [6.45, 7) is 5.52. The molecule has 3 N–H and O–H groups in total. The Morgan fingerprint density at radius 3 is 3.00 bits per heavy atom. The molecule has 7 nitrogen and oxygen atoms in total. The number of rotatable bonds is 4. The minimum absolute atomic E-state index is 0.0828. The number of hydrogen-bond donors (Lipinski definition) is 3. The quantitative estimate of drug-likeness (QED) is 0.764. The van der Waals surface area contributed by atoms with Crippen molar-refractivity contribution in [3.63, 3.8) is 0 Å². The lowest BCUT2D eigenvalue weighted by Crippen LogP contribution is -2.51.